The molecule has 0 fully saturated rings. The Hall–Kier alpha value is -3.15. The van der Waals surface area contributed by atoms with Gasteiger partial charge in [0.25, 0.3) is 0 Å². The average molecular weight is 353 g/mol. The Morgan fingerprint density at radius 2 is 1.81 bits per heavy atom. The molecule has 0 radical (unpaired) electrons. The molecule has 6 heteroatoms. The van der Waals surface area contributed by atoms with Gasteiger partial charge in [0.15, 0.2) is 0 Å². The quantitative estimate of drug-likeness (QED) is 0.536. The van der Waals surface area contributed by atoms with Gasteiger partial charge in [-0.3, -0.25) is 9.59 Å². The first-order valence-corrected chi connectivity index (χ1v) is 8.57. The van der Waals surface area contributed by atoms with E-state index in [2.05, 4.69) is 15.8 Å². The Morgan fingerprint density at radius 3 is 2.58 bits per heavy atom. The summed E-state index contributed by atoms with van der Waals surface area (Å²) in [5.74, 6) is 0.235. The largest absolute Gasteiger partial charge is 0.494 e. The predicted octanol–water partition coefficient (Wildman–Crippen LogP) is 3.34. The zero-order valence-corrected chi connectivity index (χ0v) is 14.8. The Balaban J connectivity index is 1.72. The van der Waals surface area contributed by atoms with Crippen LogP contribution in [0.5, 0.6) is 5.75 Å². The predicted molar refractivity (Wildman–Crippen MR) is 102 cm³/mol. The first-order valence-electron chi connectivity index (χ1n) is 8.57. The molecule has 2 aromatic carbocycles. The van der Waals surface area contributed by atoms with Crippen molar-refractivity contribution in [3.63, 3.8) is 0 Å². The second-order valence-electron chi connectivity index (χ2n) is 5.63. The molecule has 2 aromatic rings. The number of amides is 2. The van der Waals surface area contributed by atoms with Gasteiger partial charge < -0.3 is 10.1 Å². The van der Waals surface area contributed by atoms with Gasteiger partial charge in [0.2, 0.25) is 11.8 Å². The molecule has 0 atom stereocenters. The van der Waals surface area contributed by atoms with Gasteiger partial charge >= 0.3 is 0 Å². The van der Waals surface area contributed by atoms with Crippen LogP contribution in [0.3, 0.4) is 0 Å². The van der Waals surface area contributed by atoms with E-state index < -0.39 is 0 Å². The number of hydrogen-bond acceptors (Lipinski definition) is 4. The maximum atomic E-state index is 11.8. The first kappa shape index (κ1) is 19.2. The molecule has 2 amide bonds. The van der Waals surface area contributed by atoms with E-state index in [4.69, 9.17) is 4.74 Å². The molecule has 0 aliphatic rings. The fourth-order valence-electron chi connectivity index (χ4n) is 2.11. The van der Waals surface area contributed by atoms with Crippen LogP contribution in [0.4, 0.5) is 5.69 Å². The summed E-state index contributed by atoms with van der Waals surface area (Å²) in [6.45, 7) is 2.70. The van der Waals surface area contributed by atoms with E-state index in [1.54, 1.807) is 18.3 Å². The number of rotatable bonds is 9. The fourth-order valence-corrected chi connectivity index (χ4v) is 2.11. The highest BCUT2D eigenvalue weighted by molar-refractivity contribution is 5.93. The minimum absolute atomic E-state index is 0.0651. The number of anilines is 1. The van der Waals surface area contributed by atoms with E-state index >= 15 is 0 Å². The monoisotopic (exact) mass is 353 g/mol. The summed E-state index contributed by atoms with van der Waals surface area (Å²) in [6.07, 6.45) is 2.64. The van der Waals surface area contributed by atoms with Crippen molar-refractivity contribution < 1.29 is 14.3 Å². The van der Waals surface area contributed by atoms with E-state index in [0.29, 0.717) is 12.3 Å². The number of hydrazone groups is 1. The van der Waals surface area contributed by atoms with Crippen molar-refractivity contribution in [2.75, 3.05) is 11.9 Å². The third kappa shape index (κ3) is 7.17. The van der Waals surface area contributed by atoms with Gasteiger partial charge in [0, 0.05) is 18.5 Å². The number of hydrogen-bond donors (Lipinski definition) is 2. The van der Waals surface area contributed by atoms with E-state index in [9.17, 15) is 9.59 Å². The number of nitrogens with zero attached hydrogens (tertiary/aromatic N) is 1. The van der Waals surface area contributed by atoms with Crippen LogP contribution in [0.25, 0.3) is 0 Å². The molecule has 0 bridgehead atoms. The summed E-state index contributed by atoms with van der Waals surface area (Å²) in [5, 5.41) is 6.64. The van der Waals surface area contributed by atoms with Crippen molar-refractivity contribution >= 4 is 23.7 Å². The molecule has 2 rings (SSSR count). The maximum absolute atomic E-state index is 11.8. The topological polar surface area (TPSA) is 79.8 Å². The lowest BCUT2D eigenvalue weighted by molar-refractivity contribution is -0.124. The molecule has 26 heavy (non-hydrogen) atoms. The zero-order chi connectivity index (χ0) is 18.6. The summed E-state index contributed by atoms with van der Waals surface area (Å²) in [5.41, 5.74) is 3.95. The molecule has 0 saturated carbocycles. The highest BCUT2D eigenvalue weighted by atomic mass is 16.5. The van der Waals surface area contributed by atoms with Gasteiger partial charge in [0.05, 0.1) is 12.8 Å². The molecular weight excluding hydrogens is 330 g/mol. The standard InChI is InChI=1S/C20H23N3O3/c1-2-13-26-18-10-6-7-16(14-18)15-21-23-20(25)12-11-19(24)22-17-8-4-3-5-9-17/h3-10,14-15H,2,11-13H2,1H3,(H,22,24)(H,23,25). The Labute approximate surface area is 153 Å². The smallest absolute Gasteiger partial charge is 0.240 e. The highest BCUT2D eigenvalue weighted by Gasteiger charge is 2.06. The van der Waals surface area contributed by atoms with Crippen LogP contribution in [-0.2, 0) is 9.59 Å². The summed E-state index contributed by atoms with van der Waals surface area (Å²) in [6, 6.07) is 16.6. The van der Waals surface area contributed by atoms with E-state index in [1.807, 2.05) is 49.4 Å². The minimum Gasteiger partial charge on any atom is -0.494 e. The minimum atomic E-state index is -0.317. The van der Waals surface area contributed by atoms with E-state index in [1.165, 1.54) is 0 Å². The molecule has 0 unspecified atom stereocenters. The van der Waals surface area contributed by atoms with E-state index in [-0.39, 0.29) is 24.7 Å². The zero-order valence-electron chi connectivity index (χ0n) is 14.8. The molecule has 0 saturated heterocycles. The van der Waals surface area contributed by atoms with Gasteiger partial charge in [0.1, 0.15) is 5.75 Å². The summed E-state index contributed by atoms with van der Waals surface area (Å²) >= 11 is 0. The van der Waals surface area contributed by atoms with E-state index in [0.717, 1.165) is 17.7 Å². The molecule has 2 N–H and O–H groups in total. The number of ether oxygens (including phenoxy) is 1. The third-order valence-electron chi connectivity index (χ3n) is 3.37. The highest BCUT2D eigenvalue weighted by Crippen LogP contribution is 2.12. The second-order valence-corrected chi connectivity index (χ2v) is 5.63. The Morgan fingerprint density at radius 1 is 1.04 bits per heavy atom. The third-order valence-corrected chi connectivity index (χ3v) is 3.37. The lowest BCUT2D eigenvalue weighted by Gasteiger charge is -2.05. The summed E-state index contributed by atoms with van der Waals surface area (Å²) in [7, 11) is 0. The molecule has 136 valence electrons. The summed E-state index contributed by atoms with van der Waals surface area (Å²) in [4.78, 5) is 23.6. The number of carbonyl (C=O) groups is 2. The molecule has 0 spiro atoms. The van der Waals surface area contributed by atoms with Crippen molar-refractivity contribution in [2.24, 2.45) is 5.10 Å². The van der Waals surface area contributed by atoms with Crippen molar-refractivity contribution in [1.29, 1.82) is 0 Å². The average Bonchev–Trinajstić information content (AvgIpc) is 2.66. The van der Waals surface area contributed by atoms with Crippen molar-refractivity contribution in [3.8, 4) is 5.75 Å². The number of nitrogens with one attached hydrogen (secondary N) is 2. The van der Waals surface area contributed by atoms with Crippen LogP contribution in [0, 0.1) is 0 Å². The normalized spacial score (nSPS) is 10.5. The molecule has 6 nitrogen and oxygen atoms in total. The van der Waals surface area contributed by atoms with Crippen molar-refractivity contribution in [3.05, 3.63) is 60.2 Å². The molecule has 0 aliphatic heterocycles. The Kier molecular flexibility index (Phi) is 7.86. The fraction of sp³-hybridized carbons (Fsp3) is 0.250. The van der Waals surface area contributed by atoms with Crippen LogP contribution in [0.2, 0.25) is 0 Å². The lowest BCUT2D eigenvalue weighted by atomic mass is 10.2. The molecule has 0 heterocycles. The number of para-hydroxylation sites is 1. The van der Waals surface area contributed by atoms with Gasteiger partial charge in [-0.25, -0.2) is 5.43 Å². The van der Waals surface area contributed by atoms with Crippen molar-refractivity contribution in [1.82, 2.24) is 5.43 Å². The second kappa shape index (κ2) is 10.7. The first-order chi connectivity index (χ1) is 12.7. The SMILES string of the molecule is CCCOc1cccc(C=NNC(=O)CCC(=O)Nc2ccccc2)c1. The Bertz CT molecular complexity index is 745. The van der Waals surface area contributed by atoms with Crippen molar-refractivity contribution in [2.45, 2.75) is 26.2 Å². The van der Waals surface area contributed by atoms with Crippen LogP contribution in [0.15, 0.2) is 59.7 Å². The maximum Gasteiger partial charge on any atom is 0.240 e. The number of benzene rings is 2. The lowest BCUT2D eigenvalue weighted by Crippen LogP contribution is -2.20. The van der Waals surface area contributed by atoms with Crippen LogP contribution < -0.4 is 15.5 Å². The molecule has 0 aromatic heterocycles. The van der Waals surface area contributed by atoms with Crippen LogP contribution in [-0.4, -0.2) is 24.6 Å². The van der Waals surface area contributed by atoms with Crippen LogP contribution >= 0.6 is 0 Å². The summed E-state index contributed by atoms with van der Waals surface area (Å²) < 4.78 is 5.54. The number of carbonyl (C=O) groups excluding carboxylic acids is 2. The van der Waals surface area contributed by atoms with Gasteiger partial charge in [-0.05, 0) is 36.2 Å². The molecule has 0 aliphatic carbocycles. The van der Waals surface area contributed by atoms with Gasteiger partial charge in [-0.15, -0.1) is 0 Å². The van der Waals surface area contributed by atoms with Gasteiger partial charge in [-0.2, -0.15) is 5.10 Å². The van der Waals surface area contributed by atoms with Crippen LogP contribution in [0.1, 0.15) is 31.7 Å². The van der Waals surface area contributed by atoms with Gasteiger partial charge in [-0.1, -0.05) is 37.3 Å². The molecular formula is C20H23N3O3.